The second-order valence-electron chi connectivity index (χ2n) is 4.64. The van der Waals surface area contributed by atoms with Crippen molar-refractivity contribution in [3.8, 4) is 0 Å². The third kappa shape index (κ3) is 4.21. The van der Waals surface area contributed by atoms with Gasteiger partial charge in [-0.2, -0.15) is 0 Å². The van der Waals surface area contributed by atoms with Gasteiger partial charge in [0.1, 0.15) is 5.76 Å². The van der Waals surface area contributed by atoms with Crippen LogP contribution in [0.15, 0.2) is 71.7 Å². The minimum Gasteiger partial charge on any atom is -0.504 e. The third-order valence-electron chi connectivity index (χ3n) is 2.92. The number of hydrogen-bond acceptors (Lipinski definition) is 3. The van der Waals surface area contributed by atoms with Gasteiger partial charge in [0, 0.05) is 11.6 Å². The van der Waals surface area contributed by atoms with Crippen molar-refractivity contribution in [2.24, 2.45) is 0 Å². The number of allylic oxidation sites excluding steroid dienone is 4. The molecule has 0 saturated carbocycles. The highest BCUT2D eigenvalue weighted by Gasteiger charge is 2.17. The van der Waals surface area contributed by atoms with Gasteiger partial charge in [0.05, 0.1) is 6.61 Å². The van der Waals surface area contributed by atoms with Gasteiger partial charge < -0.3 is 9.84 Å². The van der Waals surface area contributed by atoms with Gasteiger partial charge in [-0.25, -0.2) is 0 Å². The topological polar surface area (TPSA) is 46.5 Å². The number of aliphatic hydroxyl groups excluding tert-OH is 1. The van der Waals surface area contributed by atoms with Crippen molar-refractivity contribution in [3.63, 3.8) is 0 Å². The van der Waals surface area contributed by atoms with E-state index in [2.05, 4.69) is 0 Å². The van der Waals surface area contributed by atoms with Crippen LogP contribution in [0.4, 0.5) is 0 Å². The van der Waals surface area contributed by atoms with E-state index in [1.54, 1.807) is 0 Å². The summed E-state index contributed by atoms with van der Waals surface area (Å²) < 4.78 is 5.55. The highest BCUT2D eigenvalue weighted by Crippen LogP contribution is 2.21. The number of hydrogen-bond donors (Lipinski definition) is 1. The first-order chi connectivity index (χ1) is 10.2. The Morgan fingerprint density at radius 1 is 1.19 bits per heavy atom. The lowest BCUT2D eigenvalue weighted by atomic mass is 10.0. The van der Waals surface area contributed by atoms with Gasteiger partial charge in [-0.15, -0.1) is 0 Å². The van der Waals surface area contributed by atoms with E-state index in [-0.39, 0.29) is 5.76 Å². The predicted molar refractivity (Wildman–Crippen MR) is 83.6 cm³/mol. The van der Waals surface area contributed by atoms with Crippen LogP contribution in [0.3, 0.4) is 0 Å². The van der Waals surface area contributed by atoms with Crippen molar-refractivity contribution < 1.29 is 14.6 Å². The average Bonchev–Trinajstić information content (AvgIpc) is 2.50. The lowest BCUT2D eigenvalue weighted by Crippen LogP contribution is -2.09. The van der Waals surface area contributed by atoms with E-state index in [1.807, 2.05) is 55.5 Å². The number of carbonyl (C=O) groups excluding carboxylic acids is 1. The van der Waals surface area contributed by atoms with Crippen LogP contribution in [0, 0.1) is 0 Å². The van der Waals surface area contributed by atoms with Crippen LogP contribution in [-0.2, 0) is 9.53 Å². The first kappa shape index (κ1) is 14.9. The van der Waals surface area contributed by atoms with E-state index in [0.717, 1.165) is 12.0 Å². The molecule has 21 heavy (non-hydrogen) atoms. The van der Waals surface area contributed by atoms with Crippen LogP contribution >= 0.6 is 0 Å². The molecule has 0 unspecified atom stereocenters. The molecule has 1 aromatic rings. The molecule has 2 rings (SSSR count). The Hall–Kier alpha value is -2.55. The Balaban J connectivity index is 2.18. The van der Waals surface area contributed by atoms with Gasteiger partial charge in [0.25, 0.3) is 0 Å². The van der Waals surface area contributed by atoms with Crippen molar-refractivity contribution in [1.29, 1.82) is 0 Å². The molecule has 3 nitrogen and oxygen atoms in total. The molecule has 0 amide bonds. The monoisotopic (exact) mass is 282 g/mol. The number of aliphatic hydroxyl groups is 1. The smallest absolute Gasteiger partial charge is 0.223 e. The average molecular weight is 282 g/mol. The van der Waals surface area contributed by atoms with E-state index >= 15 is 0 Å². The van der Waals surface area contributed by atoms with Crippen LogP contribution in [0.2, 0.25) is 0 Å². The predicted octanol–water partition coefficient (Wildman–Crippen LogP) is 3.96. The largest absolute Gasteiger partial charge is 0.504 e. The van der Waals surface area contributed by atoms with Crippen molar-refractivity contribution in [2.45, 2.75) is 13.3 Å². The summed E-state index contributed by atoms with van der Waals surface area (Å²) >= 11 is 0. The van der Waals surface area contributed by atoms with Crippen LogP contribution in [-0.4, -0.2) is 17.5 Å². The molecule has 0 atom stereocenters. The van der Waals surface area contributed by atoms with Crippen molar-refractivity contribution in [2.75, 3.05) is 6.61 Å². The van der Waals surface area contributed by atoms with Crippen molar-refractivity contribution in [1.82, 2.24) is 0 Å². The third-order valence-corrected chi connectivity index (χ3v) is 2.92. The highest BCUT2D eigenvalue weighted by molar-refractivity contribution is 6.04. The molecule has 0 fully saturated rings. The number of rotatable bonds is 5. The number of ether oxygens (including phenoxy) is 1. The zero-order chi connectivity index (χ0) is 15.1. The molecule has 1 aliphatic carbocycles. The van der Waals surface area contributed by atoms with Crippen LogP contribution in [0.25, 0.3) is 6.08 Å². The SMILES string of the molecule is CCCOC1=CC(=O)C(O)=CC1=CC=Cc1ccccc1. The second kappa shape index (κ2) is 7.29. The number of carbonyl (C=O) groups is 1. The molecule has 0 heterocycles. The molecule has 0 aliphatic heterocycles. The lowest BCUT2D eigenvalue weighted by molar-refractivity contribution is -0.113. The molecule has 0 radical (unpaired) electrons. The lowest BCUT2D eigenvalue weighted by Gasteiger charge is -2.14. The maximum Gasteiger partial charge on any atom is 0.223 e. The van der Waals surface area contributed by atoms with Gasteiger partial charge >= 0.3 is 0 Å². The molecule has 0 aromatic heterocycles. The minimum absolute atomic E-state index is 0.266. The normalized spacial score (nSPS) is 17.0. The molecule has 0 saturated heterocycles. The Bertz CT molecular complexity index is 619. The van der Waals surface area contributed by atoms with E-state index in [1.165, 1.54) is 12.2 Å². The van der Waals surface area contributed by atoms with Gasteiger partial charge in [0.2, 0.25) is 5.78 Å². The summed E-state index contributed by atoms with van der Waals surface area (Å²) in [6.45, 7) is 2.53. The van der Waals surface area contributed by atoms with E-state index in [9.17, 15) is 9.90 Å². The quantitative estimate of drug-likeness (QED) is 0.889. The summed E-state index contributed by atoms with van der Waals surface area (Å²) in [6.07, 6.45) is 9.25. The van der Waals surface area contributed by atoms with Crippen molar-refractivity contribution >= 4 is 11.9 Å². The summed E-state index contributed by atoms with van der Waals surface area (Å²) in [7, 11) is 0. The molecular formula is C18H18O3. The Morgan fingerprint density at radius 2 is 1.95 bits per heavy atom. The number of ketones is 1. The van der Waals surface area contributed by atoms with E-state index in [4.69, 9.17) is 4.74 Å². The Morgan fingerprint density at radius 3 is 2.67 bits per heavy atom. The van der Waals surface area contributed by atoms with E-state index < -0.39 is 5.78 Å². The molecule has 1 aliphatic rings. The maximum atomic E-state index is 11.5. The summed E-state index contributed by atoms with van der Waals surface area (Å²) in [5.74, 6) is -0.194. The first-order valence-corrected chi connectivity index (χ1v) is 6.94. The summed E-state index contributed by atoms with van der Waals surface area (Å²) in [6, 6.07) is 9.89. The fraction of sp³-hybridized carbons (Fsp3) is 0.167. The first-order valence-electron chi connectivity index (χ1n) is 6.94. The summed E-state index contributed by atoms with van der Waals surface area (Å²) in [5, 5.41) is 9.55. The zero-order valence-electron chi connectivity index (χ0n) is 12.0. The molecule has 3 heteroatoms. The van der Waals surface area contributed by atoms with Gasteiger partial charge in [0.15, 0.2) is 5.76 Å². The summed E-state index contributed by atoms with van der Waals surface area (Å²) in [4.78, 5) is 11.5. The molecule has 108 valence electrons. The molecule has 1 N–H and O–H groups in total. The fourth-order valence-electron chi connectivity index (χ4n) is 1.86. The van der Waals surface area contributed by atoms with Crippen LogP contribution < -0.4 is 0 Å². The Labute approximate surface area is 124 Å². The van der Waals surface area contributed by atoms with Gasteiger partial charge in [-0.05, 0) is 18.1 Å². The van der Waals surface area contributed by atoms with Gasteiger partial charge in [-0.1, -0.05) is 55.5 Å². The van der Waals surface area contributed by atoms with Gasteiger partial charge in [-0.3, -0.25) is 4.79 Å². The molecule has 0 spiro atoms. The number of benzene rings is 1. The van der Waals surface area contributed by atoms with E-state index in [0.29, 0.717) is 17.9 Å². The standard InChI is InChI=1S/C18H18O3/c1-2-11-21-18-13-17(20)16(19)12-15(18)10-6-9-14-7-4-3-5-8-14/h3-10,12-13,19H,2,11H2,1H3. The molecule has 0 bridgehead atoms. The Kier molecular flexibility index (Phi) is 5.16. The minimum atomic E-state index is -0.426. The second-order valence-corrected chi connectivity index (χ2v) is 4.64. The maximum absolute atomic E-state index is 11.5. The summed E-state index contributed by atoms with van der Waals surface area (Å²) in [5.41, 5.74) is 1.77. The highest BCUT2D eigenvalue weighted by atomic mass is 16.5. The fourth-order valence-corrected chi connectivity index (χ4v) is 1.86. The molecule has 1 aromatic carbocycles. The van der Waals surface area contributed by atoms with Crippen LogP contribution in [0.5, 0.6) is 0 Å². The molecular weight excluding hydrogens is 264 g/mol. The van der Waals surface area contributed by atoms with Crippen molar-refractivity contribution in [3.05, 3.63) is 77.3 Å². The van der Waals surface area contributed by atoms with Crippen LogP contribution in [0.1, 0.15) is 18.9 Å². The zero-order valence-corrected chi connectivity index (χ0v) is 12.0.